The molecule has 0 saturated carbocycles. The van der Waals surface area contributed by atoms with Crippen molar-refractivity contribution in [2.45, 2.75) is 6.42 Å². The van der Waals surface area contributed by atoms with Gasteiger partial charge in [0.25, 0.3) is 0 Å². The van der Waals surface area contributed by atoms with E-state index in [9.17, 15) is 0 Å². The van der Waals surface area contributed by atoms with Gasteiger partial charge in [-0.3, -0.25) is 0 Å². The van der Waals surface area contributed by atoms with Gasteiger partial charge in [0.1, 0.15) is 0 Å². The molecule has 4 nitrogen and oxygen atoms in total. The summed E-state index contributed by atoms with van der Waals surface area (Å²) < 4.78 is 0. The van der Waals surface area contributed by atoms with Gasteiger partial charge in [0.15, 0.2) is 0 Å². The van der Waals surface area contributed by atoms with Gasteiger partial charge in [0.2, 0.25) is 5.95 Å². The van der Waals surface area contributed by atoms with E-state index in [1.54, 1.807) is 0 Å². The molecule has 0 aliphatic carbocycles. The van der Waals surface area contributed by atoms with Crippen LogP contribution in [-0.2, 0) is 0 Å². The van der Waals surface area contributed by atoms with E-state index < -0.39 is 0 Å². The lowest BCUT2D eigenvalue weighted by atomic mass is 9.81. The average molecular weight is 190 g/mol. The van der Waals surface area contributed by atoms with E-state index in [2.05, 4.69) is 20.2 Å². The maximum absolute atomic E-state index is 4.28. The summed E-state index contributed by atoms with van der Waals surface area (Å²) in [6.07, 6.45) is 4.90. The molecule has 4 heteroatoms. The van der Waals surface area contributed by atoms with Crippen LogP contribution in [0.5, 0.6) is 0 Å². The molecule has 1 N–H and O–H groups in total. The van der Waals surface area contributed by atoms with Crippen molar-refractivity contribution in [2.24, 2.45) is 5.41 Å². The number of hydrogen-bond donors (Lipinski definition) is 1. The standard InChI is InChI=1S/C10H14N4/c1-3-12-9(13-4-1)14-5-2-10(8-14)6-11-7-10/h1,3-4,11H,2,5-8H2. The minimum absolute atomic E-state index is 0.527. The molecule has 1 aromatic rings. The van der Waals surface area contributed by atoms with Gasteiger partial charge < -0.3 is 10.2 Å². The highest BCUT2D eigenvalue weighted by Crippen LogP contribution is 2.35. The Morgan fingerprint density at radius 1 is 1.29 bits per heavy atom. The molecule has 2 aliphatic heterocycles. The van der Waals surface area contributed by atoms with E-state index in [-0.39, 0.29) is 0 Å². The average Bonchev–Trinajstić information content (AvgIpc) is 2.63. The molecule has 3 rings (SSSR count). The zero-order chi connectivity index (χ0) is 9.43. The maximum atomic E-state index is 4.28. The smallest absolute Gasteiger partial charge is 0.225 e. The molecule has 0 aromatic carbocycles. The number of hydrogen-bond acceptors (Lipinski definition) is 4. The lowest BCUT2D eigenvalue weighted by molar-refractivity contribution is 0.199. The normalized spacial score (nSPS) is 23.9. The van der Waals surface area contributed by atoms with Crippen LogP contribution >= 0.6 is 0 Å². The van der Waals surface area contributed by atoms with Crippen molar-refractivity contribution >= 4 is 5.95 Å². The largest absolute Gasteiger partial charge is 0.340 e. The topological polar surface area (TPSA) is 41.1 Å². The zero-order valence-electron chi connectivity index (χ0n) is 8.11. The van der Waals surface area contributed by atoms with Crippen molar-refractivity contribution in [1.82, 2.24) is 15.3 Å². The number of aromatic nitrogens is 2. The highest BCUT2D eigenvalue weighted by molar-refractivity contribution is 5.32. The van der Waals surface area contributed by atoms with Crippen LogP contribution in [0.15, 0.2) is 18.5 Å². The van der Waals surface area contributed by atoms with Crippen LogP contribution < -0.4 is 10.2 Å². The molecule has 14 heavy (non-hydrogen) atoms. The second-order valence-corrected chi connectivity index (χ2v) is 4.32. The maximum Gasteiger partial charge on any atom is 0.225 e. The van der Waals surface area contributed by atoms with E-state index in [0.717, 1.165) is 32.1 Å². The fourth-order valence-electron chi connectivity index (χ4n) is 2.33. The van der Waals surface area contributed by atoms with Gasteiger partial charge in [-0.05, 0) is 12.5 Å². The van der Waals surface area contributed by atoms with Crippen molar-refractivity contribution < 1.29 is 0 Å². The number of rotatable bonds is 1. The van der Waals surface area contributed by atoms with Gasteiger partial charge in [-0.25, -0.2) is 9.97 Å². The first kappa shape index (κ1) is 8.17. The summed E-state index contributed by atoms with van der Waals surface area (Å²) in [5.41, 5.74) is 0.527. The molecule has 0 atom stereocenters. The molecule has 0 bridgehead atoms. The first-order chi connectivity index (χ1) is 6.88. The van der Waals surface area contributed by atoms with Crippen LogP contribution in [-0.4, -0.2) is 36.1 Å². The number of nitrogens with one attached hydrogen (secondary N) is 1. The van der Waals surface area contributed by atoms with Crippen molar-refractivity contribution in [3.05, 3.63) is 18.5 Å². The lowest BCUT2D eigenvalue weighted by Gasteiger charge is -2.38. The third-order valence-corrected chi connectivity index (χ3v) is 3.27. The predicted octanol–water partition coefficient (Wildman–Crippen LogP) is 0.276. The fourth-order valence-corrected chi connectivity index (χ4v) is 2.33. The molecular weight excluding hydrogens is 176 g/mol. The Morgan fingerprint density at radius 2 is 2.07 bits per heavy atom. The molecule has 2 saturated heterocycles. The first-order valence-electron chi connectivity index (χ1n) is 5.11. The SMILES string of the molecule is c1cnc(N2CCC3(CNC3)C2)nc1. The van der Waals surface area contributed by atoms with E-state index in [0.29, 0.717) is 5.41 Å². The molecule has 74 valence electrons. The Kier molecular flexibility index (Phi) is 1.70. The summed E-state index contributed by atoms with van der Waals surface area (Å²) in [5, 5.41) is 3.35. The highest BCUT2D eigenvalue weighted by Gasteiger charge is 2.43. The van der Waals surface area contributed by atoms with Crippen molar-refractivity contribution in [3.8, 4) is 0 Å². The van der Waals surface area contributed by atoms with Gasteiger partial charge in [-0.15, -0.1) is 0 Å². The fraction of sp³-hybridized carbons (Fsp3) is 0.600. The molecule has 0 amide bonds. The molecule has 3 heterocycles. The molecule has 1 aromatic heterocycles. The zero-order valence-corrected chi connectivity index (χ0v) is 8.11. The molecule has 2 fully saturated rings. The second-order valence-electron chi connectivity index (χ2n) is 4.32. The number of nitrogens with zero attached hydrogens (tertiary/aromatic N) is 3. The van der Waals surface area contributed by atoms with Gasteiger partial charge in [-0.1, -0.05) is 0 Å². The Hall–Kier alpha value is -1.16. The molecule has 2 aliphatic rings. The number of anilines is 1. The summed E-state index contributed by atoms with van der Waals surface area (Å²) in [4.78, 5) is 10.9. The summed E-state index contributed by atoms with van der Waals surface area (Å²) in [6.45, 7) is 4.54. The van der Waals surface area contributed by atoms with Crippen LogP contribution in [0.3, 0.4) is 0 Å². The second kappa shape index (κ2) is 2.92. The molecule has 0 unspecified atom stereocenters. The van der Waals surface area contributed by atoms with Crippen LogP contribution in [0.25, 0.3) is 0 Å². The van der Waals surface area contributed by atoms with Crippen LogP contribution in [0.2, 0.25) is 0 Å². The van der Waals surface area contributed by atoms with Crippen molar-refractivity contribution in [3.63, 3.8) is 0 Å². The van der Waals surface area contributed by atoms with E-state index in [1.807, 2.05) is 18.5 Å². The molecular formula is C10H14N4. The van der Waals surface area contributed by atoms with Gasteiger partial charge in [-0.2, -0.15) is 0 Å². The van der Waals surface area contributed by atoms with Crippen molar-refractivity contribution in [2.75, 3.05) is 31.1 Å². The third-order valence-electron chi connectivity index (χ3n) is 3.27. The molecule has 0 radical (unpaired) electrons. The van der Waals surface area contributed by atoms with E-state index in [4.69, 9.17) is 0 Å². The summed E-state index contributed by atoms with van der Waals surface area (Å²) in [6, 6.07) is 1.86. The molecule has 1 spiro atoms. The third kappa shape index (κ3) is 1.18. The Labute approximate surface area is 83.4 Å². The lowest BCUT2D eigenvalue weighted by Crippen LogP contribution is -2.54. The highest BCUT2D eigenvalue weighted by atomic mass is 15.3. The van der Waals surface area contributed by atoms with Gasteiger partial charge in [0, 0.05) is 44.0 Å². The summed E-state index contributed by atoms with van der Waals surface area (Å²) in [5.74, 6) is 0.885. The predicted molar refractivity (Wildman–Crippen MR) is 54.2 cm³/mol. The summed E-state index contributed by atoms with van der Waals surface area (Å²) >= 11 is 0. The van der Waals surface area contributed by atoms with E-state index in [1.165, 1.54) is 6.42 Å². The van der Waals surface area contributed by atoms with Crippen molar-refractivity contribution in [1.29, 1.82) is 0 Å². The van der Waals surface area contributed by atoms with Crippen LogP contribution in [0.1, 0.15) is 6.42 Å². The Bertz CT molecular complexity index is 320. The van der Waals surface area contributed by atoms with Crippen LogP contribution in [0.4, 0.5) is 5.95 Å². The quantitative estimate of drug-likeness (QED) is 0.690. The van der Waals surface area contributed by atoms with Gasteiger partial charge in [0.05, 0.1) is 0 Å². The Balaban J connectivity index is 1.76. The minimum Gasteiger partial charge on any atom is -0.340 e. The van der Waals surface area contributed by atoms with E-state index >= 15 is 0 Å². The van der Waals surface area contributed by atoms with Crippen LogP contribution in [0, 0.1) is 5.41 Å². The minimum atomic E-state index is 0.527. The first-order valence-corrected chi connectivity index (χ1v) is 5.11. The summed E-state index contributed by atoms with van der Waals surface area (Å²) in [7, 11) is 0. The monoisotopic (exact) mass is 190 g/mol. The Morgan fingerprint density at radius 3 is 2.64 bits per heavy atom. The van der Waals surface area contributed by atoms with Gasteiger partial charge >= 0.3 is 0 Å².